The van der Waals surface area contributed by atoms with Gasteiger partial charge in [0.15, 0.2) is 0 Å². The van der Waals surface area contributed by atoms with Crippen molar-refractivity contribution in [2.24, 2.45) is 0 Å². The van der Waals surface area contributed by atoms with Crippen molar-refractivity contribution in [3.05, 3.63) is 70.5 Å². The highest BCUT2D eigenvalue weighted by Gasteiger charge is 2.29. The third kappa shape index (κ3) is 7.80. The van der Waals surface area contributed by atoms with E-state index >= 15 is 0 Å². The van der Waals surface area contributed by atoms with Crippen molar-refractivity contribution in [2.45, 2.75) is 58.3 Å². The number of hydrogen-bond acceptors (Lipinski definition) is 4. The average Bonchev–Trinajstić information content (AvgIpc) is 2.71. The first-order valence-electron chi connectivity index (χ1n) is 9.81. The van der Waals surface area contributed by atoms with E-state index in [4.69, 9.17) is 21.1 Å². The van der Waals surface area contributed by atoms with Crippen LogP contribution in [0.1, 0.15) is 50.8 Å². The number of benzene rings is 1. The van der Waals surface area contributed by atoms with E-state index in [2.05, 4.69) is 0 Å². The molecule has 3 atom stereocenters. The van der Waals surface area contributed by atoms with E-state index in [0.29, 0.717) is 24.3 Å². The number of hydrogen-bond donors (Lipinski definition) is 2. The van der Waals surface area contributed by atoms with Crippen molar-refractivity contribution in [3.63, 3.8) is 0 Å². The van der Waals surface area contributed by atoms with E-state index in [-0.39, 0.29) is 18.8 Å². The number of ether oxygens (including phenoxy) is 2. The molecule has 1 heterocycles. The number of aliphatic hydroxyl groups excluding tert-OH is 2. The molecule has 156 valence electrons. The molecule has 1 aromatic carbocycles. The molecule has 1 aromatic rings. The highest BCUT2D eigenvalue weighted by molar-refractivity contribution is 6.31. The Balaban J connectivity index is 0.00000190. The number of halogens is 1. The summed E-state index contributed by atoms with van der Waals surface area (Å²) < 4.78 is 10.8. The Bertz CT molecular complexity index is 667. The van der Waals surface area contributed by atoms with Gasteiger partial charge in [0.05, 0.1) is 38.3 Å². The van der Waals surface area contributed by atoms with Gasteiger partial charge in [-0.25, -0.2) is 0 Å². The minimum atomic E-state index is -0.470. The summed E-state index contributed by atoms with van der Waals surface area (Å²) in [6.45, 7) is 5.88. The van der Waals surface area contributed by atoms with E-state index in [0.717, 1.165) is 16.7 Å². The molecule has 2 N–H and O–H groups in total. The predicted octanol–water partition coefficient (Wildman–Crippen LogP) is 5.14. The normalized spacial score (nSPS) is 23.0. The summed E-state index contributed by atoms with van der Waals surface area (Å²) in [5.74, 6) is 0. The van der Waals surface area contributed by atoms with E-state index in [1.807, 2.05) is 63.3 Å². The van der Waals surface area contributed by atoms with Crippen LogP contribution in [0.5, 0.6) is 0 Å². The summed E-state index contributed by atoms with van der Waals surface area (Å²) in [5.41, 5.74) is 3.05. The molecule has 28 heavy (non-hydrogen) atoms. The fraction of sp³-hybridized carbons (Fsp3) is 0.478. The second-order valence-electron chi connectivity index (χ2n) is 6.39. The molecule has 0 aromatic heterocycles. The Morgan fingerprint density at radius 3 is 2.71 bits per heavy atom. The van der Waals surface area contributed by atoms with Crippen LogP contribution < -0.4 is 0 Å². The largest absolute Gasteiger partial charge is 0.504 e. The van der Waals surface area contributed by atoms with Crippen molar-refractivity contribution in [1.29, 1.82) is 0 Å². The zero-order valence-corrected chi connectivity index (χ0v) is 18.0. The molecule has 0 bridgehead atoms. The smallest absolute Gasteiger partial charge is 0.0854 e. The first-order chi connectivity index (χ1) is 13.6. The lowest BCUT2D eigenvalue weighted by molar-refractivity contribution is -0.113. The Hall–Kier alpha value is -1.59. The van der Waals surface area contributed by atoms with Gasteiger partial charge in [0.1, 0.15) is 0 Å². The Morgan fingerprint density at radius 1 is 1.32 bits per heavy atom. The summed E-state index contributed by atoms with van der Waals surface area (Å²) in [5, 5.41) is 20.1. The molecule has 0 spiro atoms. The number of rotatable bonds is 7. The van der Waals surface area contributed by atoms with Crippen LogP contribution in [0.15, 0.2) is 54.3 Å². The Kier molecular flexibility index (Phi) is 11.8. The lowest BCUT2D eigenvalue weighted by Gasteiger charge is -2.32. The van der Waals surface area contributed by atoms with E-state index in [9.17, 15) is 10.2 Å². The van der Waals surface area contributed by atoms with E-state index in [1.165, 1.54) is 0 Å². The second-order valence-corrected chi connectivity index (χ2v) is 6.80. The molecule has 0 saturated carbocycles. The van der Waals surface area contributed by atoms with Gasteiger partial charge in [0.25, 0.3) is 0 Å². The first kappa shape index (κ1) is 24.4. The van der Waals surface area contributed by atoms with Gasteiger partial charge in [-0.1, -0.05) is 55.8 Å². The SMILES string of the molecule is CC.C\C=C/C(=C\C=C\OC)Cc1cc(C2CC(O)CC(CO)O2)ccc1Cl. The van der Waals surface area contributed by atoms with Crippen LogP contribution >= 0.6 is 11.6 Å². The van der Waals surface area contributed by atoms with Crippen LogP contribution in [0.25, 0.3) is 0 Å². The standard InChI is InChI=1S/C21H27ClO4.C2H6/c1-3-5-15(6-4-9-25-2)10-17-11-16(7-8-20(17)22)21-13-18(24)12-19(14-23)26-21;1-2/h3-9,11,18-19,21,23-24H,10,12-14H2,1-2H3;1-2H3/b5-3-,9-4+,15-6+;. The van der Waals surface area contributed by atoms with Gasteiger partial charge in [-0.15, -0.1) is 0 Å². The first-order valence-corrected chi connectivity index (χ1v) is 10.2. The number of methoxy groups -OCH3 is 1. The summed E-state index contributed by atoms with van der Waals surface area (Å²) in [6.07, 6.45) is 10.1. The third-order valence-corrected chi connectivity index (χ3v) is 4.69. The molecule has 1 aliphatic heterocycles. The maximum atomic E-state index is 10.0. The lowest BCUT2D eigenvalue weighted by atomic mass is 9.94. The molecule has 0 radical (unpaired) electrons. The van der Waals surface area contributed by atoms with Crippen molar-refractivity contribution >= 4 is 11.6 Å². The minimum Gasteiger partial charge on any atom is -0.504 e. The number of aliphatic hydroxyl groups is 2. The molecule has 5 heteroatoms. The molecule has 2 rings (SSSR count). The van der Waals surface area contributed by atoms with Gasteiger partial charge in [0.2, 0.25) is 0 Å². The van der Waals surface area contributed by atoms with Gasteiger partial charge < -0.3 is 19.7 Å². The zero-order valence-electron chi connectivity index (χ0n) is 17.3. The average molecular weight is 409 g/mol. The molecule has 3 unspecified atom stereocenters. The quantitative estimate of drug-likeness (QED) is 0.484. The van der Waals surface area contributed by atoms with Crippen LogP contribution in [0.3, 0.4) is 0 Å². The Morgan fingerprint density at radius 2 is 2.07 bits per heavy atom. The summed E-state index contributed by atoms with van der Waals surface area (Å²) in [6, 6.07) is 5.81. The van der Waals surface area contributed by atoms with Gasteiger partial charge in [-0.3, -0.25) is 0 Å². The second kappa shape index (κ2) is 13.6. The molecule has 0 amide bonds. The molecule has 1 fully saturated rings. The fourth-order valence-electron chi connectivity index (χ4n) is 3.10. The molecule has 1 aliphatic rings. The summed E-state index contributed by atoms with van der Waals surface area (Å²) in [7, 11) is 1.61. The van der Waals surface area contributed by atoms with Gasteiger partial charge in [-0.05, 0) is 42.2 Å². The third-order valence-electron chi connectivity index (χ3n) is 4.32. The molecule has 1 saturated heterocycles. The van der Waals surface area contributed by atoms with Crippen molar-refractivity contribution in [1.82, 2.24) is 0 Å². The lowest BCUT2D eigenvalue weighted by Crippen LogP contribution is -2.33. The Labute approximate surface area is 174 Å². The molecular weight excluding hydrogens is 376 g/mol. The molecular formula is C23H33ClO4. The van der Waals surface area contributed by atoms with Crippen LogP contribution in [0, 0.1) is 0 Å². The van der Waals surface area contributed by atoms with Crippen LogP contribution in [-0.4, -0.2) is 36.1 Å². The van der Waals surface area contributed by atoms with Crippen LogP contribution in [0.4, 0.5) is 0 Å². The van der Waals surface area contributed by atoms with Gasteiger partial charge >= 0.3 is 0 Å². The summed E-state index contributed by atoms with van der Waals surface area (Å²) >= 11 is 6.40. The van der Waals surface area contributed by atoms with Crippen molar-refractivity contribution in [2.75, 3.05) is 13.7 Å². The van der Waals surface area contributed by atoms with Crippen LogP contribution in [-0.2, 0) is 15.9 Å². The number of allylic oxidation sites excluding steroid dienone is 5. The van der Waals surface area contributed by atoms with Crippen molar-refractivity contribution in [3.8, 4) is 0 Å². The topological polar surface area (TPSA) is 58.9 Å². The fourth-order valence-corrected chi connectivity index (χ4v) is 3.29. The zero-order chi connectivity index (χ0) is 20.9. The van der Waals surface area contributed by atoms with Crippen LogP contribution in [0.2, 0.25) is 5.02 Å². The molecule has 0 aliphatic carbocycles. The van der Waals surface area contributed by atoms with E-state index in [1.54, 1.807) is 13.4 Å². The van der Waals surface area contributed by atoms with E-state index < -0.39 is 6.10 Å². The highest BCUT2D eigenvalue weighted by atomic mass is 35.5. The maximum Gasteiger partial charge on any atom is 0.0854 e. The van der Waals surface area contributed by atoms with Gasteiger partial charge in [0, 0.05) is 17.9 Å². The van der Waals surface area contributed by atoms with Crippen molar-refractivity contribution < 1.29 is 19.7 Å². The highest BCUT2D eigenvalue weighted by Crippen LogP contribution is 2.33. The summed E-state index contributed by atoms with van der Waals surface area (Å²) in [4.78, 5) is 0. The minimum absolute atomic E-state index is 0.0893. The monoisotopic (exact) mass is 408 g/mol. The predicted molar refractivity (Wildman–Crippen MR) is 115 cm³/mol. The van der Waals surface area contributed by atoms with Gasteiger partial charge in [-0.2, -0.15) is 0 Å². The molecule has 4 nitrogen and oxygen atoms in total. The maximum absolute atomic E-state index is 10.0.